The van der Waals surface area contributed by atoms with E-state index < -0.39 is 23.4 Å². The first-order valence-electron chi connectivity index (χ1n) is 7.87. The van der Waals surface area contributed by atoms with Gasteiger partial charge in [-0.05, 0) is 64.2 Å². The number of amides is 1. The summed E-state index contributed by atoms with van der Waals surface area (Å²) >= 11 is 0. The molecule has 7 heteroatoms. The molecular weight excluding hydrogens is 321 g/mol. The van der Waals surface area contributed by atoms with E-state index in [9.17, 15) is 18.0 Å². The number of halogens is 3. The molecule has 2 rings (SSSR count). The largest absolute Gasteiger partial charge is 0.444 e. The maximum absolute atomic E-state index is 12.9. The smallest absolute Gasteiger partial charge is 0.416 e. The lowest BCUT2D eigenvalue weighted by Crippen LogP contribution is -2.28. The van der Waals surface area contributed by atoms with Crippen molar-refractivity contribution < 1.29 is 22.7 Å². The summed E-state index contributed by atoms with van der Waals surface area (Å²) in [7, 11) is 0. The number of alkyl halides is 3. The van der Waals surface area contributed by atoms with E-state index in [-0.39, 0.29) is 11.2 Å². The Morgan fingerprint density at radius 3 is 2.42 bits per heavy atom. The van der Waals surface area contributed by atoms with Crippen molar-refractivity contribution in [3.63, 3.8) is 0 Å². The molecule has 0 aromatic heterocycles. The first-order chi connectivity index (χ1) is 10.9. The summed E-state index contributed by atoms with van der Waals surface area (Å²) in [5, 5.41) is 2.43. The third-order valence-corrected chi connectivity index (χ3v) is 3.86. The Kier molecular flexibility index (Phi) is 4.86. The van der Waals surface area contributed by atoms with Gasteiger partial charge in [-0.3, -0.25) is 5.32 Å². The van der Waals surface area contributed by atoms with Crippen molar-refractivity contribution in [2.45, 2.75) is 63.8 Å². The van der Waals surface area contributed by atoms with Gasteiger partial charge in [-0.1, -0.05) is 6.07 Å². The highest BCUT2D eigenvalue weighted by molar-refractivity contribution is 5.86. The number of carbonyl (C=O) groups excluding carboxylic acids is 1. The van der Waals surface area contributed by atoms with Crippen molar-refractivity contribution in [3.8, 4) is 0 Å². The van der Waals surface area contributed by atoms with E-state index in [1.807, 2.05) is 0 Å². The second kappa shape index (κ2) is 6.27. The molecule has 0 spiro atoms. The third-order valence-electron chi connectivity index (χ3n) is 3.86. The van der Waals surface area contributed by atoms with Crippen molar-refractivity contribution >= 4 is 11.8 Å². The van der Waals surface area contributed by atoms with Gasteiger partial charge in [-0.25, -0.2) is 4.79 Å². The Hall–Kier alpha value is -1.76. The van der Waals surface area contributed by atoms with Gasteiger partial charge >= 0.3 is 12.3 Å². The molecule has 0 unspecified atom stereocenters. The van der Waals surface area contributed by atoms with E-state index in [2.05, 4.69) is 5.32 Å². The molecule has 134 valence electrons. The second-order valence-electron chi connectivity index (χ2n) is 7.36. The second-order valence-corrected chi connectivity index (χ2v) is 7.36. The van der Waals surface area contributed by atoms with Crippen LogP contribution in [0.1, 0.15) is 51.2 Å². The number of nitrogens with one attached hydrogen (secondary N) is 1. The van der Waals surface area contributed by atoms with Gasteiger partial charge < -0.3 is 10.5 Å². The first-order valence-corrected chi connectivity index (χ1v) is 7.87. The van der Waals surface area contributed by atoms with Crippen molar-refractivity contribution in [2.24, 2.45) is 5.73 Å². The molecule has 3 N–H and O–H groups in total. The minimum absolute atomic E-state index is 0.114. The standard InChI is InChI=1S/C17H23F3N2O2/c1-15(2,3)24-14(23)22-13-10-12(17(18,19)20)5-4-11(13)6-7-16(21)8-9-16/h4-5,10H,6-9,21H2,1-3H3,(H,22,23). The highest BCUT2D eigenvalue weighted by Gasteiger charge is 2.37. The topological polar surface area (TPSA) is 64.3 Å². The fraction of sp³-hybridized carbons (Fsp3) is 0.588. The minimum atomic E-state index is -4.48. The average molecular weight is 344 g/mol. The molecule has 1 fully saturated rings. The number of carbonyl (C=O) groups is 1. The van der Waals surface area contributed by atoms with Crippen LogP contribution in [-0.2, 0) is 17.3 Å². The first kappa shape index (κ1) is 18.6. The molecule has 1 amide bonds. The number of anilines is 1. The summed E-state index contributed by atoms with van der Waals surface area (Å²) in [6.45, 7) is 5.06. The van der Waals surface area contributed by atoms with E-state index >= 15 is 0 Å². The Bertz CT molecular complexity index is 617. The van der Waals surface area contributed by atoms with Crippen LogP contribution >= 0.6 is 0 Å². The van der Waals surface area contributed by atoms with Crippen molar-refractivity contribution in [3.05, 3.63) is 29.3 Å². The number of rotatable bonds is 4. The fourth-order valence-corrected chi connectivity index (χ4v) is 2.29. The summed E-state index contributed by atoms with van der Waals surface area (Å²) in [5.74, 6) is 0. The van der Waals surface area contributed by atoms with Gasteiger partial charge in [0.1, 0.15) is 5.60 Å². The van der Waals surface area contributed by atoms with Crippen LogP contribution in [0.4, 0.5) is 23.7 Å². The summed E-state index contributed by atoms with van der Waals surface area (Å²) in [6.07, 6.45) is -2.25. The fourth-order valence-electron chi connectivity index (χ4n) is 2.29. The number of hydrogen-bond acceptors (Lipinski definition) is 3. The van der Waals surface area contributed by atoms with Crippen LogP contribution in [0.25, 0.3) is 0 Å². The Morgan fingerprint density at radius 2 is 1.92 bits per heavy atom. The Labute approximate surface area is 139 Å². The van der Waals surface area contributed by atoms with E-state index in [1.54, 1.807) is 20.8 Å². The van der Waals surface area contributed by atoms with E-state index in [0.29, 0.717) is 18.4 Å². The van der Waals surface area contributed by atoms with Gasteiger partial charge in [0, 0.05) is 11.2 Å². The average Bonchev–Trinajstić information content (AvgIpc) is 3.12. The predicted molar refractivity (Wildman–Crippen MR) is 85.8 cm³/mol. The number of benzene rings is 1. The lowest BCUT2D eigenvalue weighted by molar-refractivity contribution is -0.137. The molecule has 1 saturated carbocycles. The minimum Gasteiger partial charge on any atom is -0.444 e. The summed E-state index contributed by atoms with van der Waals surface area (Å²) in [6, 6.07) is 3.35. The van der Waals surface area contributed by atoms with Crippen LogP contribution in [0.5, 0.6) is 0 Å². The van der Waals surface area contributed by atoms with Gasteiger partial charge in [0.25, 0.3) is 0 Å². The quantitative estimate of drug-likeness (QED) is 0.846. The highest BCUT2D eigenvalue weighted by Crippen LogP contribution is 2.38. The predicted octanol–water partition coefficient (Wildman–Crippen LogP) is 4.48. The van der Waals surface area contributed by atoms with Crippen LogP contribution in [-0.4, -0.2) is 17.2 Å². The molecule has 24 heavy (non-hydrogen) atoms. The van der Waals surface area contributed by atoms with Crippen LogP contribution in [0.2, 0.25) is 0 Å². The van der Waals surface area contributed by atoms with Crippen molar-refractivity contribution in [2.75, 3.05) is 5.32 Å². The summed E-state index contributed by atoms with van der Waals surface area (Å²) in [4.78, 5) is 11.9. The van der Waals surface area contributed by atoms with E-state index in [0.717, 1.165) is 25.0 Å². The molecule has 4 nitrogen and oxygen atoms in total. The zero-order chi connectivity index (χ0) is 18.2. The monoisotopic (exact) mass is 344 g/mol. The van der Waals surface area contributed by atoms with Crippen molar-refractivity contribution in [1.29, 1.82) is 0 Å². The van der Waals surface area contributed by atoms with E-state index in [1.165, 1.54) is 6.07 Å². The third kappa shape index (κ3) is 5.40. The number of ether oxygens (including phenoxy) is 1. The lowest BCUT2D eigenvalue weighted by atomic mass is 10.0. The van der Waals surface area contributed by atoms with Gasteiger partial charge in [-0.15, -0.1) is 0 Å². The number of nitrogens with two attached hydrogens (primary N) is 1. The zero-order valence-electron chi connectivity index (χ0n) is 14.1. The summed E-state index contributed by atoms with van der Waals surface area (Å²) in [5.41, 5.74) is 5.00. The molecule has 1 aliphatic rings. The SMILES string of the molecule is CC(C)(C)OC(=O)Nc1cc(C(F)(F)F)ccc1CCC1(N)CC1. The molecule has 0 radical (unpaired) electrons. The molecule has 0 saturated heterocycles. The number of aryl methyl sites for hydroxylation is 1. The molecule has 0 bridgehead atoms. The Balaban J connectivity index is 2.20. The maximum atomic E-state index is 12.9. The van der Waals surface area contributed by atoms with Crippen LogP contribution in [0.3, 0.4) is 0 Å². The molecule has 1 aromatic carbocycles. The van der Waals surface area contributed by atoms with Crippen molar-refractivity contribution in [1.82, 2.24) is 0 Å². The Morgan fingerprint density at radius 1 is 1.29 bits per heavy atom. The van der Waals surface area contributed by atoms with Gasteiger partial charge in [0.2, 0.25) is 0 Å². The van der Waals surface area contributed by atoms with Crippen LogP contribution in [0.15, 0.2) is 18.2 Å². The number of hydrogen-bond donors (Lipinski definition) is 2. The zero-order valence-corrected chi connectivity index (χ0v) is 14.1. The van der Waals surface area contributed by atoms with Crippen LogP contribution in [0, 0.1) is 0 Å². The molecule has 0 aliphatic heterocycles. The van der Waals surface area contributed by atoms with Gasteiger partial charge in [0.05, 0.1) is 5.56 Å². The van der Waals surface area contributed by atoms with Gasteiger partial charge in [-0.2, -0.15) is 13.2 Å². The molecule has 1 aliphatic carbocycles. The highest BCUT2D eigenvalue weighted by atomic mass is 19.4. The lowest BCUT2D eigenvalue weighted by Gasteiger charge is -2.21. The molecular formula is C17H23F3N2O2. The van der Waals surface area contributed by atoms with Gasteiger partial charge in [0.15, 0.2) is 0 Å². The molecule has 0 atom stereocenters. The normalized spacial score (nSPS) is 16.6. The molecule has 0 heterocycles. The molecule has 1 aromatic rings. The maximum Gasteiger partial charge on any atom is 0.416 e. The summed E-state index contributed by atoms with van der Waals surface area (Å²) < 4.78 is 43.9. The van der Waals surface area contributed by atoms with E-state index in [4.69, 9.17) is 10.5 Å². The van der Waals surface area contributed by atoms with Crippen LogP contribution < -0.4 is 11.1 Å².